The molecule has 1 amide bonds. The second-order valence-corrected chi connectivity index (χ2v) is 7.15. The van der Waals surface area contributed by atoms with Gasteiger partial charge in [0.25, 0.3) is 5.91 Å². The second kappa shape index (κ2) is 7.75. The van der Waals surface area contributed by atoms with Gasteiger partial charge in [-0.1, -0.05) is 41.1 Å². The lowest BCUT2D eigenvalue weighted by Crippen LogP contribution is -2.19. The van der Waals surface area contributed by atoms with Crippen LogP contribution in [0.1, 0.15) is 18.9 Å². The molecular weight excluding hydrogens is 370 g/mol. The van der Waals surface area contributed by atoms with Gasteiger partial charge in [0, 0.05) is 11.9 Å². The third kappa shape index (κ3) is 4.32. The van der Waals surface area contributed by atoms with Crippen LogP contribution in [0.2, 0.25) is 0 Å². The molecule has 2 aliphatic heterocycles. The van der Waals surface area contributed by atoms with Crippen molar-refractivity contribution < 1.29 is 9.53 Å². The number of hydrogen-bond acceptors (Lipinski definition) is 4. The van der Waals surface area contributed by atoms with Crippen LogP contribution in [0.4, 0.5) is 5.69 Å². The number of amides is 1. The van der Waals surface area contributed by atoms with Gasteiger partial charge in [-0.3, -0.25) is 14.8 Å². The van der Waals surface area contributed by atoms with Crippen molar-refractivity contribution in [1.82, 2.24) is 0 Å². The Balaban J connectivity index is 1.55. The van der Waals surface area contributed by atoms with Crippen LogP contribution in [0.3, 0.4) is 0 Å². The molecule has 0 radical (unpaired) electrons. The minimum absolute atomic E-state index is 0.0740. The largest absolute Gasteiger partial charge is 0.481 e. The minimum Gasteiger partial charge on any atom is -0.481 e. The molecule has 3 atom stereocenters. The van der Waals surface area contributed by atoms with Gasteiger partial charge in [-0.25, -0.2) is 0 Å². The second-order valence-electron chi connectivity index (χ2n) is 6.10. The number of nitrogens with one attached hydrogen (secondary N) is 1. The summed E-state index contributed by atoms with van der Waals surface area (Å²) >= 11 is 3.39. The van der Waals surface area contributed by atoms with Crippen LogP contribution in [0, 0.1) is 5.92 Å². The van der Waals surface area contributed by atoms with E-state index in [1.165, 1.54) is 5.56 Å². The summed E-state index contributed by atoms with van der Waals surface area (Å²) in [4.78, 5) is 20.8. The van der Waals surface area contributed by atoms with Crippen molar-refractivity contribution in [3.05, 3.63) is 41.5 Å². The normalized spacial score (nSPS) is 23.5. The van der Waals surface area contributed by atoms with Gasteiger partial charge in [-0.2, -0.15) is 0 Å². The standard InChI is InChI=1S/C18H20BrN3O2/c1-12(16-10-24-11-21-16)8-13-2-5-15(6-3-13)22-18(23)14-4-7-17(19)20-9-14/h2-6,9,11-12,16-17H,7-8,10H2,1H3,(H,22,23). The van der Waals surface area contributed by atoms with Crippen molar-refractivity contribution in [2.45, 2.75) is 30.8 Å². The first-order valence-corrected chi connectivity index (χ1v) is 8.94. The average molecular weight is 390 g/mol. The zero-order valence-electron chi connectivity index (χ0n) is 13.5. The quantitative estimate of drug-likeness (QED) is 0.619. The summed E-state index contributed by atoms with van der Waals surface area (Å²) in [7, 11) is 0. The van der Waals surface area contributed by atoms with Crippen LogP contribution < -0.4 is 5.32 Å². The number of halogens is 1. The lowest BCUT2D eigenvalue weighted by atomic mass is 9.95. The smallest absolute Gasteiger partial charge is 0.256 e. The first kappa shape index (κ1) is 16.9. The van der Waals surface area contributed by atoms with E-state index in [1.807, 2.05) is 30.3 Å². The molecule has 126 valence electrons. The molecule has 2 aliphatic rings. The van der Waals surface area contributed by atoms with E-state index < -0.39 is 0 Å². The number of hydrogen-bond donors (Lipinski definition) is 1. The third-order valence-electron chi connectivity index (χ3n) is 4.19. The van der Waals surface area contributed by atoms with Crippen molar-refractivity contribution in [2.75, 3.05) is 11.9 Å². The van der Waals surface area contributed by atoms with E-state index in [-0.39, 0.29) is 16.9 Å². The number of rotatable bonds is 5. The number of alkyl halides is 1. The van der Waals surface area contributed by atoms with E-state index in [2.05, 4.69) is 38.2 Å². The molecule has 5 nitrogen and oxygen atoms in total. The molecule has 0 bridgehead atoms. The van der Waals surface area contributed by atoms with Gasteiger partial charge in [0.05, 0.1) is 11.6 Å². The van der Waals surface area contributed by atoms with Gasteiger partial charge in [-0.05, 0) is 36.5 Å². The molecule has 1 aromatic rings. The van der Waals surface area contributed by atoms with E-state index in [1.54, 1.807) is 12.6 Å². The molecular formula is C18H20BrN3O2. The molecule has 3 unspecified atom stereocenters. The molecule has 2 heterocycles. The summed E-state index contributed by atoms with van der Waals surface area (Å²) in [6, 6.07) is 8.19. The van der Waals surface area contributed by atoms with Crippen LogP contribution >= 0.6 is 15.9 Å². The number of anilines is 1. The van der Waals surface area contributed by atoms with E-state index in [0.717, 1.165) is 18.5 Å². The fourth-order valence-electron chi connectivity index (χ4n) is 2.70. The maximum absolute atomic E-state index is 12.2. The van der Waals surface area contributed by atoms with Gasteiger partial charge in [0.2, 0.25) is 0 Å². The SMILES string of the molecule is CC(Cc1ccc(NC(=O)C2=CCC(Br)N=C2)cc1)C1COC=N1. The van der Waals surface area contributed by atoms with Crippen molar-refractivity contribution in [1.29, 1.82) is 0 Å². The molecule has 0 fully saturated rings. The average Bonchev–Trinajstić information content (AvgIpc) is 3.12. The lowest BCUT2D eigenvalue weighted by molar-refractivity contribution is -0.112. The van der Waals surface area contributed by atoms with Crippen molar-refractivity contribution in [3.63, 3.8) is 0 Å². The predicted octanol–water partition coefficient (Wildman–Crippen LogP) is 3.35. The Bertz CT molecular complexity index is 682. The Morgan fingerprint density at radius 2 is 2.17 bits per heavy atom. The summed E-state index contributed by atoms with van der Waals surface area (Å²) in [5.74, 6) is 0.293. The summed E-state index contributed by atoms with van der Waals surface area (Å²) in [6.45, 7) is 2.85. The Kier molecular flexibility index (Phi) is 5.45. The van der Waals surface area contributed by atoms with Crippen molar-refractivity contribution in [2.24, 2.45) is 15.9 Å². The molecule has 6 heteroatoms. The van der Waals surface area contributed by atoms with Gasteiger partial charge in [0.15, 0.2) is 6.40 Å². The molecule has 1 aromatic carbocycles. The monoisotopic (exact) mass is 389 g/mol. The molecule has 24 heavy (non-hydrogen) atoms. The maximum atomic E-state index is 12.2. The van der Waals surface area contributed by atoms with Gasteiger partial charge < -0.3 is 10.1 Å². The zero-order valence-corrected chi connectivity index (χ0v) is 15.1. The van der Waals surface area contributed by atoms with E-state index in [0.29, 0.717) is 18.1 Å². The number of benzene rings is 1. The van der Waals surface area contributed by atoms with Crippen LogP contribution in [0.15, 0.2) is 45.9 Å². The summed E-state index contributed by atoms with van der Waals surface area (Å²) in [6.07, 6.45) is 6.70. The first-order valence-electron chi connectivity index (χ1n) is 8.03. The molecule has 3 rings (SSSR count). The predicted molar refractivity (Wildman–Crippen MR) is 100 cm³/mol. The molecule has 0 spiro atoms. The first-order chi connectivity index (χ1) is 11.6. The number of nitrogens with zero attached hydrogens (tertiary/aromatic N) is 2. The lowest BCUT2D eigenvalue weighted by Gasteiger charge is -2.15. The minimum atomic E-state index is -0.128. The zero-order chi connectivity index (χ0) is 16.9. The number of carbonyl (C=O) groups is 1. The van der Waals surface area contributed by atoms with Crippen LogP contribution in [-0.4, -0.2) is 36.1 Å². The topological polar surface area (TPSA) is 63.0 Å². The molecule has 0 aliphatic carbocycles. The van der Waals surface area contributed by atoms with Crippen LogP contribution in [-0.2, 0) is 16.0 Å². The van der Waals surface area contributed by atoms with Crippen molar-refractivity contribution in [3.8, 4) is 0 Å². The number of ether oxygens (including phenoxy) is 1. The summed E-state index contributed by atoms with van der Waals surface area (Å²) in [5, 5.41) is 2.90. The van der Waals surface area contributed by atoms with E-state index in [4.69, 9.17) is 4.74 Å². The van der Waals surface area contributed by atoms with Gasteiger partial charge in [-0.15, -0.1) is 0 Å². The number of aliphatic imine (C=N–C) groups is 2. The van der Waals surface area contributed by atoms with E-state index >= 15 is 0 Å². The molecule has 0 saturated heterocycles. The van der Waals surface area contributed by atoms with E-state index in [9.17, 15) is 4.79 Å². The Labute approximate surface area is 150 Å². The van der Waals surface area contributed by atoms with Crippen LogP contribution in [0.5, 0.6) is 0 Å². The highest BCUT2D eigenvalue weighted by Gasteiger charge is 2.20. The molecule has 1 N–H and O–H groups in total. The van der Waals surface area contributed by atoms with Crippen molar-refractivity contribution >= 4 is 40.1 Å². The fourth-order valence-corrected chi connectivity index (χ4v) is 3.01. The number of carbonyl (C=O) groups excluding carboxylic acids is 1. The molecule has 0 saturated carbocycles. The third-order valence-corrected chi connectivity index (χ3v) is 4.80. The fraction of sp³-hybridized carbons (Fsp3) is 0.389. The molecule has 0 aromatic heterocycles. The number of dihydropyridines is 1. The van der Waals surface area contributed by atoms with Gasteiger partial charge in [0.1, 0.15) is 11.6 Å². The highest BCUT2D eigenvalue weighted by atomic mass is 79.9. The summed E-state index contributed by atoms with van der Waals surface area (Å²) < 4.78 is 5.19. The highest BCUT2D eigenvalue weighted by molar-refractivity contribution is 9.09. The van der Waals surface area contributed by atoms with Crippen LogP contribution in [0.25, 0.3) is 0 Å². The highest BCUT2D eigenvalue weighted by Crippen LogP contribution is 2.20. The Hall–Kier alpha value is -1.95. The Morgan fingerprint density at radius 1 is 1.38 bits per heavy atom. The summed E-state index contributed by atoms with van der Waals surface area (Å²) in [5.41, 5.74) is 2.61. The van der Waals surface area contributed by atoms with Gasteiger partial charge >= 0.3 is 0 Å². The Morgan fingerprint density at radius 3 is 2.79 bits per heavy atom. The maximum Gasteiger partial charge on any atom is 0.256 e.